The van der Waals surface area contributed by atoms with Gasteiger partial charge in [0.05, 0.1) is 10.8 Å². The number of hydrogen-bond donors (Lipinski definition) is 1. The Morgan fingerprint density at radius 1 is 1.36 bits per heavy atom. The molecule has 0 spiro atoms. The number of amides is 1. The number of sulfonamides is 1. The lowest BCUT2D eigenvalue weighted by atomic mass is 9.99. The molecule has 1 amide bonds. The van der Waals surface area contributed by atoms with Crippen LogP contribution in [0.1, 0.15) is 26.2 Å². The summed E-state index contributed by atoms with van der Waals surface area (Å²) in [4.78, 5) is 12.6. The first-order chi connectivity index (χ1) is 11.9. The van der Waals surface area contributed by atoms with E-state index in [-0.39, 0.29) is 23.3 Å². The van der Waals surface area contributed by atoms with Gasteiger partial charge in [0, 0.05) is 37.3 Å². The van der Waals surface area contributed by atoms with E-state index < -0.39 is 10.0 Å². The van der Waals surface area contributed by atoms with E-state index in [1.165, 1.54) is 4.31 Å². The fraction of sp³-hybridized carbons (Fsp3) is 0.588. The summed E-state index contributed by atoms with van der Waals surface area (Å²) >= 11 is 3.31. The number of hydrogen-bond acceptors (Lipinski definition) is 4. The smallest absolute Gasteiger partial charge is 0.243 e. The van der Waals surface area contributed by atoms with Gasteiger partial charge in [0.1, 0.15) is 0 Å². The average Bonchev–Trinajstić information content (AvgIpc) is 2.62. The second kappa shape index (κ2) is 9.66. The second-order valence-corrected chi connectivity index (χ2v) is 8.85. The summed E-state index contributed by atoms with van der Waals surface area (Å²) < 4.78 is 33.0. The van der Waals surface area contributed by atoms with Gasteiger partial charge in [-0.25, -0.2) is 8.42 Å². The van der Waals surface area contributed by atoms with Crippen LogP contribution in [0.5, 0.6) is 0 Å². The van der Waals surface area contributed by atoms with Gasteiger partial charge in [-0.2, -0.15) is 4.31 Å². The van der Waals surface area contributed by atoms with Gasteiger partial charge in [-0.1, -0.05) is 15.9 Å². The number of nitrogens with zero attached hydrogens (tertiary/aromatic N) is 1. The lowest BCUT2D eigenvalue weighted by Gasteiger charge is -2.31. The molecule has 0 saturated carbocycles. The summed E-state index contributed by atoms with van der Waals surface area (Å²) in [5, 5.41) is 2.88. The molecule has 1 fully saturated rings. The first-order valence-electron chi connectivity index (χ1n) is 8.56. The first kappa shape index (κ1) is 20.4. The predicted octanol–water partition coefficient (Wildman–Crippen LogP) is 2.39. The molecule has 2 rings (SSSR count). The minimum absolute atomic E-state index is 0.0767. The Morgan fingerprint density at radius 2 is 2.08 bits per heavy atom. The molecule has 0 aliphatic carbocycles. The van der Waals surface area contributed by atoms with E-state index in [0.29, 0.717) is 39.1 Å². The van der Waals surface area contributed by atoms with Crippen LogP contribution in [0.3, 0.4) is 0 Å². The van der Waals surface area contributed by atoms with Crippen molar-refractivity contribution < 1.29 is 17.9 Å². The largest absolute Gasteiger partial charge is 0.382 e. The number of ether oxygens (including phenoxy) is 1. The van der Waals surface area contributed by atoms with Crippen LogP contribution in [-0.2, 0) is 19.6 Å². The van der Waals surface area contributed by atoms with Crippen molar-refractivity contribution in [2.24, 2.45) is 5.92 Å². The highest BCUT2D eigenvalue weighted by atomic mass is 79.9. The highest BCUT2D eigenvalue weighted by Crippen LogP contribution is 2.24. The second-order valence-electron chi connectivity index (χ2n) is 6.00. The number of piperidine rings is 1. The summed E-state index contributed by atoms with van der Waals surface area (Å²) in [6.45, 7) is 4.45. The van der Waals surface area contributed by atoms with Crippen LogP contribution >= 0.6 is 15.9 Å². The molecule has 0 aromatic heterocycles. The number of rotatable bonds is 8. The standard InChI is InChI=1S/C17H25BrN2O4S/c1-2-24-12-4-10-19-17(21)14-5-3-11-20(13-14)25(22,23)16-8-6-15(18)7-9-16/h6-9,14H,2-5,10-13H2,1H3,(H,19,21)/t14-/m1/s1. The number of nitrogens with one attached hydrogen (secondary N) is 1. The van der Waals surface area contributed by atoms with Crippen LogP contribution in [0.25, 0.3) is 0 Å². The van der Waals surface area contributed by atoms with Crippen LogP contribution in [-0.4, -0.2) is 51.5 Å². The molecule has 8 heteroatoms. The maximum Gasteiger partial charge on any atom is 0.243 e. The van der Waals surface area contributed by atoms with Gasteiger partial charge in [-0.05, 0) is 50.5 Å². The van der Waals surface area contributed by atoms with Gasteiger partial charge < -0.3 is 10.1 Å². The number of carbonyl (C=O) groups excluding carboxylic acids is 1. The minimum Gasteiger partial charge on any atom is -0.382 e. The number of carbonyl (C=O) groups is 1. The van der Waals surface area contributed by atoms with E-state index in [4.69, 9.17) is 4.74 Å². The minimum atomic E-state index is -3.57. The maximum absolute atomic E-state index is 12.8. The van der Waals surface area contributed by atoms with E-state index in [2.05, 4.69) is 21.2 Å². The van der Waals surface area contributed by atoms with Crippen molar-refractivity contribution in [3.63, 3.8) is 0 Å². The lowest BCUT2D eigenvalue weighted by Crippen LogP contribution is -2.45. The van der Waals surface area contributed by atoms with E-state index in [1.807, 2.05) is 6.92 Å². The van der Waals surface area contributed by atoms with Gasteiger partial charge in [-0.3, -0.25) is 4.79 Å². The van der Waals surface area contributed by atoms with Gasteiger partial charge in [0.2, 0.25) is 15.9 Å². The third-order valence-electron chi connectivity index (χ3n) is 4.18. The van der Waals surface area contributed by atoms with Crippen LogP contribution < -0.4 is 5.32 Å². The molecule has 0 bridgehead atoms. The van der Waals surface area contributed by atoms with E-state index in [1.54, 1.807) is 24.3 Å². The molecule has 0 unspecified atom stereocenters. The third kappa shape index (κ3) is 5.77. The molecule has 1 aromatic rings. The zero-order chi connectivity index (χ0) is 18.3. The molecule has 6 nitrogen and oxygen atoms in total. The van der Waals surface area contributed by atoms with Crippen LogP contribution in [0, 0.1) is 5.92 Å². The quantitative estimate of drug-likeness (QED) is 0.639. The maximum atomic E-state index is 12.8. The normalized spacial score (nSPS) is 18.9. The average molecular weight is 433 g/mol. The monoisotopic (exact) mass is 432 g/mol. The topological polar surface area (TPSA) is 75.7 Å². The van der Waals surface area contributed by atoms with E-state index >= 15 is 0 Å². The zero-order valence-electron chi connectivity index (χ0n) is 14.4. The van der Waals surface area contributed by atoms with Gasteiger partial charge in [-0.15, -0.1) is 0 Å². The predicted molar refractivity (Wildman–Crippen MR) is 99.7 cm³/mol. The molecule has 1 aromatic carbocycles. The van der Waals surface area contributed by atoms with Crippen molar-refractivity contribution in [2.45, 2.75) is 31.1 Å². The Kier molecular flexibility index (Phi) is 7.86. The molecule has 0 radical (unpaired) electrons. The molecule has 1 aliphatic heterocycles. The fourth-order valence-electron chi connectivity index (χ4n) is 2.80. The molecule has 25 heavy (non-hydrogen) atoms. The first-order valence-corrected chi connectivity index (χ1v) is 10.8. The van der Waals surface area contributed by atoms with Crippen molar-refractivity contribution >= 4 is 31.9 Å². The van der Waals surface area contributed by atoms with Crippen molar-refractivity contribution in [1.29, 1.82) is 0 Å². The fourth-order valence-corrected chi connectivity index (χ4v) is 4.59. The van der Waals surface area contributed by atoms with E-state index in [9.17, 15) is 13.2 Å². The third-order valence-corrected chi connectivity index (χ3v) is 6.58. The van der Waals surface area contributed by atoms with Crippen molar-refractivity contribution in [1.82, 2.24) is 9.62 Å². The van der Waals surface area contributed by atoms with Crippen LogP contribution in [0.15, 0.2) is 33.6 Å². The van der Waals surface area contributed by atoms with Crippen molar-refractivity contribution in [2.75, 3.05) is 32.8 Å². The Bertz CT molecular complexity index is 664. The van der Waals surface area contributed by atoms with Gasteiger partial charge >= 0.3 is 0 Å². The summed E-state index contributed by atoms with van der Waals surface area (Å²) in [5.41, 5.74) is 0. The Morgan fingerprint density at radius 3 is 2.76 bits per heavy atom. The number of benzene rings is 1. The Hall–Kier alpha value is -0.960. The SMILES string of the molecule is CCOCCCNC(=O)[C@@H]1CCCN(S(=O)(=O)c2ccc(Br)cc2)C1. The van der Waals surface area contributed by atoms with Crippen LogP contribution in [0.2, 0.25) is 0 Å². The Balaban J connectivity index is 1.93. The molecule has 1 heterocycles. The zero-order valence-corrected chi connectivity index (χ0v) is 16.8. The lowest BCUT2D eigenvalue weighted by molar-refractivity contribution is -0.126. The number of halogens is 1. The van der Waals surface area contributed by atoms with Gasteiger partial charge in [0.15, 0.2) is 0 Å². The summed E-state index contributed by atoms with van der Waals surface area (Å²) in [6.07, 6.45) is 2.16. The molecular formula is C17H25BrN2O4S. The molecule has 140 valence electrons. The molecule has 1 aliphatic rings. The highest BCUT2D eigenvalue weighted by Gasteiger charge is 2.33. The summed E-state index contributed by atoms with van der Waals surface area (Å²) in [5.74, 6) is -0.377. The van der Waals surface area contributed by atoms with Gasteiger partial charge in [0.25, 0.3) is 0 Å². The molecule has 1 atom stereocenters. The van der Waals surface area contributed by atoms with Crippen LogP contribution in [0.4, 0.5) is 0 Å². The van der Waals surface area contributed by atoms with Crippen molar-refractivity contribution in [3.05, 3.63) is 28.7 Å². The van der Waals surface area contributed by atoms with E-state index in [0.717, 1.165) is 10.9 Å². The van der Waals surface area contributed by atoms with Crippen molar-refractivity contribution in [3.8, 4) is 0 Å². The highest BCUT2D eigenvalue weighted by molar-refractivity contribution is 9.10. The molecule has 1 saturated heterocycles. The molecular weight excluding hydrogens is 408 g/mol. The molecule has 1 N–H and O–H groups in total. The summed E-state index contributed by atoms with van der Waals surface area (Å²) in [7, 11) is -3.57. The summed E-state index contributed by atoms with van der Waals surface area (Å²) in [6, 6.07) is 6.58. The Labute approximate surface area is 158 Å².